The van der Waals surface area contributed by atoms with Crippen LogP contribution in [0, 0.1) is 0 Å². The largest absolute Gasteiger partial charge is 0.308 e. The maximum Gasteiger partial charge on any atom is 0.0964 e. The molecule has 6 heteroatoms. The van der Waals surface area contributed by atoms with Crippen LogP contribution in [0.5, 0.6) is 0 Å². The van der Waals surface area contributed by atoms with Crippen LogP contribution in [-0.4, -0.2) is 56.6 Å². The minimum Gasteiger partial charge on any atom is -0.308 e. The van der Waals surface area contributed by atoms with E-state index in [0.717, 1.165) is 36.6 Å². The van der Waals surface area contributed by atoms with Crippen LogP contribution in [0.15, 0.2) is 6.20 Å². The zero-order valence-corrected chi connectivity index (χ0v) is 13.1. The highest BCUT2D eigenvalue weighted by atomic mass is 32.2. The fraction of sp³-hybridized carbons (Fsp3) is 0.857. The molecule has 1 aromatic heterocycles. The number of hydrogen-bond donors (Lipinski definition) is 1. The molecule has 1 saturated heterocycles. The van der Waals surface area contributed by atoms with E-state index < -0.39 is 0 Å². The van der Waals surface area contributed by atoms with Crippen LogP contribution in [0.4, 0.5) is 0 Å². The summed E-state index contributed by atoms with van der Waals surface area (Å²) in [7, 11) is 0. The molecule has 0 bridgehead atoms. The summed E-state index contributed by atoms with van der Waals surface area (Å²) >= 11 is 2.12. The van der Waals surface area contributed by atoms with E-state index in [1.165, 1.54) is 38.1 Å². The molecule has 5 nitrogen and oxygen atoms in total. The lowest BCUT2D eigenvalue weighted by atomic mass is 10.3. The Hall–Kier alpha value is -0.590. The highest BCUT2D eigenvalue weighted by Gasteiger charge is 2.21. The molecule has 20 heavy (non-hydrogen) atoms. The predicted molar refractivity (Wildman–Crippen MR) is 82.9 cm³/mol. The van der Waals surface area contributed by atoms with Gasteiger partial charge in [-0.25, -0.2) is 0 Å². The highest BCUT2D eigenvalue weighted by molar-refractivity contribution is 8.00. The first-order valence-corrected chi connectivity index (χ1v) is 8.84. The van der Waals surface area contributed by atoms with Crippen molar-refractivity contribution in [2.24, 2.45) is 0 Å². The number of hydrogen-bond acceptors (Lipinski definition) is 5. The van der Waals surface area contributed by atoms with Crippen molar-refractivity contribution < 1.29 is 0 Å². The van der Waals surface area contributed by atoms with E-state index >= 15 is 0 Å². The molecule has 1 aliphatic carbocycles. The van der Waals surface area contributed by atoms with Gasteiger partial charge in [-0.3, -0.25) is 9.58 Å². The molecule has 1 aliphatic heterocycles. The third kappa shape index (κ3) is 4.20. The lowest BCUT2D eigenvalue weighted by Crippen LogP contribution is -2.39. The Morgan fingerprint density at radius 2 is 2.30 bits per heavy atom. The van der Waals surface area contributed by atoms with Crippen molar-refractivity contribution in [1.29, 1.82) is 0 Å². The molecule has 3 rings (SSSR count). The van der Waals surface area contributed by atoms with Crippen LogP contribution in [0.25, 0.3) is 0 Å². The van der Waals surface area contributed by atoms with Crippen LogP contribution in [-0.2, 0) is 13.1 Å². The SMILES string of the molecule is CCC1CN(CCn2cc(CNC3CC3)nn2)CCS1. The van der Waals surface area contributed by atoms with Gasteiger partial charge in [-0.1, -0.05) is 12.1 Å². The number of nitrogens with zero attached hydrogens (tertiary/aromatic N) is 4. The molecule has 0 radical (unpaired) electrons. The van der Waals surface area contributed by atoms with Gasteiger partial charge in [0.15, 0.2) is 0 Å². The Morgan fingerprint density at radius 1 is 1.40 bits per heavy atom. The molecule has 2 fully saturated rings. The van der Waals surface area contributed by atoms with E-state index in [1.807, 2.05) is 4.68 Å². The van der Waals surface area contributed by atoms with E-state index in [-0.39, 0.29) is 0 Å². The molecule has 1 saturated carbocycles. The van der Waals surface area contributed by atoms with Crippen molar-refractivity contribution >= 4 is 11.8 Å². The summed E-state index contributed by atoms with van der Waals surface area (Å²) in [5.74, 6) is 1.27. The van der Waals surface area contributed by atoms with Gasteiger partial charge in [-0.2, -0.15) is 11.8 Å². The molecule has 0 amide bonds. The lowest BCUT2D eigenvalue weighted by molar-refractivity contribution is 0.264. The van der Waals surface area contributed by atoms with E-state index in [4.69, 9.17) is 0 Å². The summed E-state index contributed by atoms with van der Waals surface area (Å²) in [6.07, 6.45) is 6.01. The lowest BCUT2D eigenvalue weighted by Gasteiger charge is -2.31. The smallest absolute Gasteiger partial charge is 0.0964 e. The van der Waals surface area contributed by atoms with Crippen molar-refractivity contribution in [1.82, 2.24) is 25.2 Å². The normalized spacial score (nSPS) is 24.1. The number of nitrogens with one attached hydrogen (secondary N) is 1. The predicted octanol–water partition coefficient (Wildman–Crippen LogP) is 1.36. The van der Waals surface area contributed by atoms with Gasteiger partial charge in [-0.15, -0.1) is 5.10 Å². The second-order valence-corrected chi connectivity index (χ2v) is 7.24. The van der Waals surface area contributed by atoms with E-state index in [2.05, 4.69) is 45.4 Å². The molecule has 1 aromatic rings. The van der Waals surface area contributed by atoms with Crippen LogP contribution < -0.4 is 5.32 Å². The van der Waals surface area contributed by atoms with Gasteiger partial charge in [-0.05, 0) is 19.3 Å². The molecule has 1 unspecified atom stereocenters. The third-order valence-corrected chi connectivity index (χ3v) is 5.43. The van der Waals surface area contributed by atoms with Crippen molar-refractivity contribution in [3.05, 3.63) is 11.9 Å². The fourth-order valence-corrected chi connectivity index (χ4v) is 3.79. The Balaban J connectivity index is 1.40. The Labute approximate surface area is 125 Å². The van der Waals surface area contributed by atoms with Crippen molar-refractivity contribution in [2.45, 2.75) is 50.6 Å². The average Bonchev–Trinajstić information content (AvgIpc) is 3.21. The Bertz CT molecular complexity index is 417. The van der Waals surface area contributed by atoms with Crippen molar-refractivity contribution in [3.63, 3.8) is 0 Å². The van der Waals surface area contributed by atoms with Crippen molar-refractivity contribution in [3.8, 4) is 0 Å². The van der Waals surface area contributed by atoms with Crippen LogP contribution >= 0.6 is 11.8 Å². The van der Waals surface area contributed by atoms with E-state index in [9.17, 15) is 0 Å². The Kier molecular flexibility index (Phi) is 4.96. The summed E-state index contributed by atoms with van der Waals surface area (Å²) < 4.78 is 1.99. The molecular formula is C14H25N5S. The minimum absolute atomic E-state index is 0.733. The zero-order chi connectivity index (χ0) is 13.8. The van der Waals surface area contributed by atoms with Crippen LogP contribution in [0.1, 0.15) is 31.9 Å². The second-order valence-electron chi connectivity index (χ2n) is 5.83. The molecule has 2 aliphatic rings. The zero-order valence-electron chi connectivity index (χ0n) is 12.3. The number of thioether (sulfide) groups is 1. The van der Waals surface area contributed by atoms with Crippen molar-refractivity contribution in [2.75, 3.05) is 25.4 Å². The summed E-state index contributed by atoms with van der Waals surface area (Å²) in [6.45, 7) is 7.64. The first-order valence-electron chi connectivity index (χ1n) is 7.80. The molecule has 112 valence electrons. The molecular weight excluding hydrogens is 270 g/mol. The van der Waals surface area contributed by atoms with Gasteiger partial charge in [0, 0.05) is 49.4 Å². The van der Waals surface area contributed by atoms with E-state index in [0.29, 0.717) is 0 Å². The van der Waals surface area contributed by atoms with Gasteiger partial charge in [0.05, 0.1) is 12.2 Å². The summed E-state index contributed by atoms with van der Waals surface area (Å²) in [5.41, 5.74) is 1.07. The standard InChI is InChI=1S/C14H25N5S/c1-2-14-11-18(7-8-20-14)5-6-19-10-13(16-17-19)9-15-12-3-4-12/h10,12,14-15H,2-9,11H2,1H3. The average molecular weight is 295 g/mol. The number of rotatable bonds is 7. The fourth-order valence-electron chi connectivity index (χ4n) is 2.54. The van der Waals surface area contributed by atoms with Crippen LogP contribution in [0.2, 0.25) is 0 Å². The van der Waals surface area contributed by atoms with Gasteiger partial charge < -0.3 is 5.32 Å². The molecule has 0 aromatic carbocycles. The quantitative estimate of drug-likeness (QED) is 0.823. The van der Waals surface area contributed by atoms with Gasteiger partial charge >= 0.3 is 0 Å². The first kappa shape index (κ1) is 14.4. The number of aromatic nitrogens is 3. The van der Waals surface area contributed by atoms with Crippen LogP contribution in [0.3, 0.4) is 0 Å². The summed E-state index contributed by atoms with van der Waals surface area (Å²) in [4.78, 5) is 2.56. The maximum absolute atomic E-state index is 4.24. The molecule has 1 atom stereocenters. The van der Waals surface area contributed by atoms with Gasteiger partial charge in [0.25, 0.3) is 0 Å². The topological polar surface area (TPSA) is 46.0 Å². The van der Waals surface area contributed by atoms with Gasteiger partial charge in [0.2, 0.25) is 0 Å². The first-order chi connectivity index (χ1) is 9.83. The third-order valence-electron chi connectivity index (χ3n) is 4.06. The maximum atomic E-state index is 4.24. The Morgan fingerprint density at radius 3 is 3.10 bits per heavy atom. The molecule has 1 N–H and O–H groups in total. The summed E-state index contributed by atoms with van der Waals surface area (Å²) in [6, 6.07) is 0.733. The molecule has 2 heterocycles. The summed E-state index contributed by atoms with van der Waals surface area (Å²) in [5, 5.41) is 12.8. The molecule has 0 spiro atoms. The second kappa shape index (κ2) is 6.91. The minimum atomic E-state index is 0.733. The monoisotopic (exact) mass is 295 g/mol. The van der Waals surface area contributed by atoms with Gasteiger partial charge in [0.1, 0.15) is 0 Å². The highest BCUT2D eigenvalue weighted by Crippen LogP contribution is 2.21. The van der Waals surface area contributed by atoms with E-state index in [1.54, 1.807) is 0 Å².